The van der Waals surface area contributed by atoms with Crippen molar-refractivity contribution in [2.75, 3.05) is 19.5 Å². The molecule has 3 rings (SSSR count). The smallest absolute Gasteiger partial charge is 0.413 e. The van der Waals surface area contributed by atoms with Gasteiger partial charge in [0.15, 0.2) is 0 Å². The number of rotatable bonds is 4. The van der Waals surface area contributed by atoms with Crippen LogP contribution in [0, 0.1) is 0 Å². The molecule has 0 aliphatic heterocycles. The number of carbonyl (C=O) groups is 3. The van der Waals surface area contributed by atoms with Gasteiger partial charge in [0.2, 0.25) is 0 Å². The minimum atomic E-state index is -0.830. The summed E-state index contributed by atoms with van der Waals surface area (Å²) in [7, 11) is 2.73. The predicted octanol–water partition coefficient (Wildman–Crippen LogP) is 3.77. The molecular formula is C20H22N2O5S. The number of fused-ring (bicyclic) bond motifs is 1. The molecule has 1 aliphatic rings. The van der Waals surface area contributed by atoms with E-state index in [-0.39, 0.29) is 5.91 Å². The number of anilines is 1. The Kier molecular flexibility index (Phi) is 6.30. The average Bonchev–Trinajstić information content (AvgIpc) is 2.88. The largest absolute Gasteiger partial charge is 0.497 e. The number of benzene rings is 1. The molecule has 2 N–H and O–H groups in total. The second-order valence-electron chi connectivity index (χ2n) is 6.40. The Balaban J connectivity index is 1.94. The highest BCUT2D eigenvalue weighted by molar-refractivity contribution is 7.17. The molecule has 0 spiro atoms. The van der Waals surface area contributed by atoms with Crippen LogP contribution in [0.15, 0.2) is 24.3 Å². The van der Waals surface area contributed by atoms with Crippen molar-refractivity contribution in [1.29, 1.82) is 0 Å². The Morgan fingerprint density at radius 1 is 1.04 bits per heavy atom. The van der Waals surface area contributed by atoms with Crippen LogP contribution < -0.4 is 15.4 Å². The third kappa shape index (κ3) is 4.33. The highest BCUT2D eigenvalue weighted by Crippen LogP contribution is 2.37. The van der Waals surface area contributed by atoms with Gasteiger partial charge in [-0.25, -0.2) is 4.79 Å². The summed E-state index contributed by atoms with van der Waals surface area (Å²) in [6.07, 6.45) is 3.85. The van der Waals surface area contributed by atoms with Gasteiger partial charge in [0.25, 0.3) is 11.8 Å². The lowest BCUT2D eigenvalue weighted by molar-refractivity contribution is 0.0937. The van der Waals surface area contributed by atoms with Crippen LogP contribution in [0.25, 0.3) is 0 Å². The first-order chi connectivity index (χ1) is 13.5. The molecule has 148 valence electrons. The predicted molar refractivity (Wildman–Crippen MR) is 106 cm³/mol. The van der Waals surface area contributed by atoms with Crippen LogP contribution in [0.4, 0.5) is 9.80 Å². The fourth-order valence-corrected chi connectivity index (χ4v) is 4.50. The number of hydrogen-bond acceptors (Lipinski definition) is 6. The van der Waals surface area contributed by atoms with E-state index in [2.05, 4.69) is 15.4 Å². The first-order valence-corrected chi connectivity index (χ1v) is 9.84. The number of carbonyl (C=O) groups excluding carboxylic acids is 3. The van der Waals surface area contributed by atoms with Crippen LogP contribution in [0.2, 0.25) is 0 Å². The Hall–Kier alpha value is -2.87. The minimum Gasteiger partial charge on any atom is -0.497 e. The fourth-order valence-electron chi connectivity index (χ4n) is 3.22. The van der Waals surface area contributed by atoms with Crippen molar-refractivity contribution >= 4 is 34.2 Å². The number of aryl methyl sites for hydroxylation is 1. The van der Waals surface area contributed by atoms with Gasteiger partial charge in [-0.1, -0.05) is 12.5 Å². The molecule has 0 atom stereocenters. The van der Waals surface area contributed by atoms with E-state index in [1.165, 1.54) is 25.6 Å². The van der Waals surface area contributed by atoms with Gasteiger partial charge >= 0.3 is 6.09 Å². The third-order valence-electron chi connectivity index (χ3n) is 4.61. The van der Waals surface area contributed by atoms with Crippen molar-refractivity contribution in [3.8, 4) is 5.75 Å². The number of alkyl carbamates (subject to hydrolysis) is 1. The average molecular weight is 402 g/mol. The molecule has 2 aromatic rings. The molecule has 1 aromatic heterocycles. The van der Waals surface area contributed by atoms with E-state index in [0.717, 1.165) is 42.5 Å². The molecule has 0 unspecified atom stereocenters. The maximum absolute atomic E-state index is 12.7. The first-order valence-electron chi connectivity index (χ1n) is 9.02. The monoisotopic (exact) mass is 402 g/mol. The van der Waals surface area contributed by atoms with Gasteiger partial charge in [0.05, 0.1) is 19.8 Å². The maximum Gasteiger partial charge on any atom is 0.413 e. The second kappa shape index (κ2) is 8.88. The highest BCUT2D eigenvalue weighted by atomic mass is 32.1. The van der Waals surface area contributed by atoms with E-state index in [1.54, 1.807) is 24.3 Å². The summed E-state index contributed by atoms with van der Waals surface area (Å²) in [6.45, 7) is 0. The SMILES string of the molecule is COC(=O)NC(=O)c1c(NC(=O)c2cccc(OC)c2)sc2c1CCCCC2. The standard InChI is InChI=1S/C20H22N2O5S/c1-26-13-8-6-7-12(11-13)17(23)21-19-16(18(24)22-20(25)27-2)14-9-4-3-5-10-15(14)28-19/h6-8,11H,3-5,9-10H2,1-2H3,(H,21,23)(H,22,24,25). The minimum absolute atomic E-state index is 0.345. The number of amides is 3. The number of thiophene rings is 1. The van der Waals surface area contributed by atoms with Crippen molar-refractivity contribution in [1.82, 2.24) is 5.32 Å². The summed E-state index contributed by atoms with van der Waals surface area (Å²) in [4.78, 5) is 38.1. The number of methoxy groups -OCH3 is 2. The van der Waals surface area contributed by atoms with E-state index in [4.69, 9.17) is 4.74 Å². The molecule has 1 heterocycles. The summed E-state index contributed by atoms with van der Waals surface area (Å²) in [5, 5.41) is 5.49. The summed E-state index contributed by atoms with van der Waals surface area (Å²) in [5.74, 6) is -0.340. The van der Waals surface area contributed by atoms with Gasteiger partial charge in [0.1, 0.15) is 10.8 Å². The van der Waals surface area contributed by atoms with E-state index < -0.39 is 12.0 Å². The van der Waals surface area contributed by atoms with Gasteiger partial charge in [-0.15, -0.1) is 11.3 Å². The van der Waals surface area contributed by atoms with Gasteiger partial charge in [0, 0.05) is 10.4 Å². The van der Waals surface area contributed by atoms with Crippen molar-refractivity contribution in [2.24, 2.45) is 0 Å². The lowest BCUT2D eigenvalue weighted by Crippen LogP contribution is -2.31. The van der Waals surface area contributed by atoms with Crippen LogP contribution in [0.5, 0.6) is 5.75 Å². The number of imide groups is 1. The second-order valence-corrected chi connectivity index (χ2v) is 7.51. The summed E-state index contributed by atoms with van der Waals surface area (Å²) in [5.41, 5.74) is 1.68. The quantitative estimate of drug-likeness (QED) is 0.759. The van der Waals surface area contributed by atoms with E-state index in [1.807, 2.05) is 0 Å². The number of nitrogens with one attached hydrogen (secondary N) is 2. The lowest BCUT2D eigenvalue weighted by Gasteiger charge is -2.09. The van der Waals surface area contributed by atoms with Crippen LogP contribution in [0.1, 0.15) is 50.4 Å². The Bertz CT molecular complexity index is 906. The number of hydrogen-bond donors (Lipinski definition) is 2. The Morgan fingerprint density at radius 3 is 2.57 bits per heavy atom. The number of ether oxygens (including phenoxy) is 2. The summed E-state index contributed by atoms with van der Waals surface area (Å²) >= 11 is 1.40. The molecule has 0 radical (unpaired) electrons. The van der Waals surface area contributed by atoms with Crippen LogP contribution in [-0.2, 0) is 17.6 Å². The van der Waals surface area contributed by atoms with Gasteiger partial charge < -0.3 is 14.8 Å². The van der Waals surface area contributed by atoms with Crippen molar-refractivity contribution in [3.05, 3.63) is 45.8 Å². The first kappa shape index (κ1) is 19.9. The lowest BCUT2D eigenvalue weighted by atomic mass is 10.0. The fraction of sp³-hybridized carbons (Fsp3) is 0.350. The molecule has 1 aromatic carbocycles. The molecule has 0 bridgehead atoms. The molecule has 8 heteroatoms. The molecule has 1 aliphatic carbocycles. The molecule has 28 heavy (non-hydrogen) atoms. The third-order valence-corrected chi connectivity index (χ3v) is 5.82. The van der Waals surface area contributed by atoms with E-state index in [9.17, 15) is 14.4 Å². The molecule has 3 amide bonds. The van der Waals surface area contributed by atoms with E-state index in [0.29, 0.717) is 21.9 Å². The van der Waals surface area contributed by atoms with Gasteiger partial charge in [-0.3, -0.25) is 14.9 Å². The van der Waals surface area contributed by atoms with Gasteiger partial charge in [-0.05, 0) is 49.4 Å². The molecule has 0 fully saturated rings. The maximum atomic E-state index is 12.7. The Labute approximate surface area is 167 Å². The van der Waals surface area contributed by atoms with Gasteiger partial charge in [-0.2, -0.15) is 0 Å². The Morgan fingerprint density at radius 2 is 1.82 bits per heavy atom. The molecular weight excluding hydrogens is 380 g/mol. The van der Waals surface area contributed by atoms with Crippen molar-refractivity contribution in [3.63, 3.8) is 0 Å². The zero-order valence-electron chi connectivity index (χ0n) is 15.8. The zero-order chi connectivity index (χ0) is 20.1. The molecule has 7 nitrogen and oxygen atoms in total. The van der Waals surface area contributed by atoms with E-state index >= 15 is 0 Å². The topological polar surface area (TPSA) is 93.7 Å². The molecule has 0 saturated carbocycles. The highest BCUT2D eigenvalue weighted by Gasteiger charge is 2.27. The van der Waals surface area contributed by atoms with Crippen LogP contribution in [-0.4, -0.2) is 32.1 Å². The summed E-state index contributed by atoms with van der Waals surface area (Å²) in [6, 6.07) is 6.77. The van der Waals surface area contributed by atoms with Crippen LogP contribution >= 0.6 is 11.3 Å². The van der Waals surface area contributed by atoms with Crippen molar-refractivity contribution in [2.45, 2.75) is 32.1 Å². The molecule has 0 saturated heterocycles. The summed E-state index contributed by atoms with van der Waals surface area (Å²) < 4.78 is 9.70. The van der Waals surface area contributed by atoms with Crippen molar-refractivity contribution < 1.29 is 23.9 Å². The zero-order valence-corrected chi connectivity index (χ0v) is 16.6. The van der Waals surface area contributed by atoms with Crippen LogP contribution in [0.3, 0.4) is 0 Å². The normalized spacial score (nSPS) is 13.1.